The highest BCUT2D eigenvalue weighted by Crippen LogP contribution is 2.45. The number of hydrogen-bond acceptors (Lipinski definition) is 6. The number of rotatable bonds is 5. The molecule has 0 unspecified atom stereocenters. The summed E-state index contributed by atoms with van der Waals surface area (Å²) in [6.45, 7) is -2.67. The van der Waals surface area contributed by atoms with Crippen molar-refractivity contribution >= 4 is 5.95 Å². The monoisotopic (exact) mass is 408 g/mol. The lowest BCUT2D eigenvalue weighted by Crippen LogP contribution is -2.41. The molecule has 1 aliphatic rings. The van der Waals surface area contributed by atoms with Crippen LogP contribution in [0.5, 0.6) is 0 Å². The van der Waals surface area contributed by atoms with E-state index >= 15 is 0 Å². The Kier molecular flexibility index (Phi) is 4.27. The van der Waals surface area contributed by atoms with Crippen LogP contribution in [0.25, 0.3) is 22.5 Å². The Hall–Kier alpha value is -3.69. The number of pyridine rings is 1. The maximum Gasteiger partial charge on any atom is 0.333 e. The van der Waals surface area contributed by atoms with Crippen molar-refractivity contribution in [2.45, 2.75) is 31.4 Å². The predicted molar refractivity (Wildman–Crippen MR) is 105 cm³/mol. The van der Waals surface area contributed by atoms with Crippen molar-refractivity contribution in [3.8, 4) is 22.5 Å². The van der Waals surface area contributed by atoms with Crippen LogP contribution in [0.4, 0.5) is 14.7 Å². The van der Waals surface area contributed by atoms with Crippen molar-refractivity contribution in [3.63, 3.8) is 0 Å². The average molecular weight is 408 g/mol. The quantitative estimate of drug-likeness (QED) is 0.542. The number of nitrogens with two attached hydrogens (primary N) is 1. The second-order valence-electron chi connectivity index (χ2n) is 7.30. The number of alkyl halides is 2. The Balaban J connectivity index is 1.44. The fraction of sp³-hybridized carbons (Fsp3) is 0.250. The Morgan fingerprint density at radius 2 is 1.70 bits per heavy atom. The normalized spacial score (nSPS) is 15.3. The lowest BCUT2D eigenvalue weighted by Gasteiger charge is -2.43. The molecule has 5 rings (SSSR count). The van der Waals surface area contributed by atoms with Crippen LogP contribution in [0.3, 0.4) is 0 Å². The number of hydrogen-bond donors (Lipinski definition) is 1. The Bertz CT molecular complexity index is 1160. The minimum Gasteiger partial charge on any atom is -0.368 e. The van der Waals surface area contributed by atoms with E-state index in [0.29, 0.717) is 15.9 Å². The van der Waals surface area contributed by atoms with Gasteiger partial charge in [-0.25, -0.2) is 19.6 Å². The van der Waals surface area contributed by atoms with Gasteiger partial charge >= 0.3 is 6.55 Å². The van der Waals surface area contributed by atoms with Gasteiger partial charge in [-0.1, -0.05) is 6.07 Å². The highest BCUT2D eigenvalue weighted by atomic mass is 19.3. The van der Waals surface area contributed by atoms with Crippen LogP contribution >= 0.6 is 0 Å². The highest BCUT2D eigenvalue weighted by Gasteiger charge is 2.41. The summed E-state index contributed by atoms with van der Waals surface area (Å²) >= 11 is 0. The standard InChI is InChI=1S/C20H18F2N8/c21-18(22)30-10-14(8-28-30)17-11-29(12-27-17)20(4-1-5-20)15-2-3-16(24-9-15)13-6-25-19(23)26-7-13/h2-3,6-12,18H,1,4-5H2,(H2,23,25,26). The van der Waals surface area contributed by atoms with Crippen molar-refractivity contribution in [1.29, 1.82) is 0 Å². The second-order valence-corrected chi connectivity index (χ2v) is 7.30. The Morgan fingerprint density at radius 3 is 2.30 bits per heavy atom. The average Bonchev–Trinajstić information content (AvgIpc) is 3.38. The Labute approximate surface area is 170 Å². The molecule has 0 spiro atoms. The molecule has 0 atom stereocenters. The first-order chi connectivity index (χ1) is 14.5. The van der Waals surface area contributed by atoms with Crippen molar-refractivity contribution in [1.82, 2.24) is 34.3 Å². The van der Waals surface area contributed by atoms with E-state index in [9.17, 15) is 8.78 Å². The van der Waals surface area contributed by atoms with Gasteiger partial charge in [0.2, 0.25) is 5.95 Å². The van der Waals surface area contributed by atoms with E-state index in [0.717, 1.165) is 36.1 Å². The van der Waals surface area contributed by atoms with E-state index in [1.807, 2.05) is 24.5 Å². The fourth-order valence-electron chi connectivity index (χ4n) is 3.80. The Morgan fingerprint density at radius 1 is 0.900 bits per heavy atom. The number of imidazole rings is 1. The van der Waals surface area contributed by atoms with Crippen molar-refractivity contribution in [3.05, 3.63) is 61.2 Å². The molecule has 0 amide bonds. The smallest absolute Gasteiger partial charge is 0.333 e. The van der Waals surface area contributed by atoms with Gasteiger partial charge in [0, 0.05) is 42.1 Å². The summed E-state index contributed by atoms with van der Waals surface area (Å²) in [7, 11) is 0. The third kappa shape index (κ3) is 3.00. The van der Waals surface area contributed by atoms with Gasteiger partial charge < -0.3 is 10.3 Å². The van der Waals surface area contributed by atoms with Gasteiger partial charge in [0.1, 0.15) is 0 Å². The zero-order valence-corrected chi connectivity index (χ0v) is 15.9. The zero-order chi connectivity index (χ0) is 20.7. The van der Waals surface area contributed by atoms with Crippen LogP contribution in [0, 0.1) is 0 Å². The molecule has 4 aromatic rings. The molecule has 0 aliphatic heterocycles. The largest absolute Gasteiger partial charge is 0.368 e. The van der Waals surface area contributed by atoms with Crippen LogP contribution in [0.15, 0.2) is 55.6 Å². The van der Waals surface area contributed by atoms with Gasteiger partial charge in [-0.15, -0.1) is 0 Å². The van der Waals surface area contributed by atoms with Crippen LogP contribution in [-0.4, -0.2) is 34.3 Å². The van der Waals surface area contributed by atoms with Crippen LogP contribution < -0.4 is 5.73 Å². The van der Waals surface area contributed by atoms with Gasteiger partial charge in [0.25, 0.3) is 0 Å². The summed E-state index contributed by atoms with van der Waals surface area (Å²) in [5.41, 5.74) is 9.09. The molecule has 10 heteroatoms. The molecule has 8 nitrogen and oxygen atoms in total. The summed E-state index contributed by atoms with van der Waals surface area (Å²) in [6.07, 6.45) is 14.5. The van der Waals surface area contributed by atoms with Crippen LogP contribution in [0.1, 0.15) is 31.4 Å². The summed E-state index contributed by atoms with van der Waals surface area (Å²) in [5, 5.41) is 3.69. The number of nitrogens with zero attached hydrogens (tertiary/aromatic N) is 7. The second kappa shape index (κ2) is 6.97. The van der Waals surface area contributed by atoms with Gasteiger partial charge in [-0.3, -0.25) is 4.98 Å². The third-order valence-corrected chi connectivity index (χ3v) is 5.62. The van der Waals surface area contributed by atoms with E-state index in [1.165, 1.54) is 12.4 Å². The van der Waals surface area contributed by atoms with E-state index < -0.39 is 6.55 Å². The number of aromatic nitrogens is 7. The van der Waals surface area contributed by atoms with E-state index in [-0.39, 0.29) is 11.5 Å². The highest BCUT2D eigenvalue weighted by molar-refractivity contribution is 5.58. The number of anilines is 1. The van der Waals surface area contributed by atoms with Crippen LogP contribution in [-0.2, 0) is 5.54 Å². The molecule has 2 N–H and O–H groups in total. The van der Waals surface area contributed by atoms with E-state index in [1.54, 1.807) is 18.7 Å². The topological polar surface area (TPSA) is 100 Å². The van der Waals surface area contributed by atoms with Gasteiger partial charge in [0.15, 0.2) is 0 Å². The summed E-state index contributed by atoms with van der Waals surface area (Å²) in [5.74, 6) is 0.221. The van der Waals surface area contributed by atoms with Gasteiger partial charge in [-0.05, 0) is 30.9 Å². The molecule has 0 saturated heterocycles. The first-order valence-corrected chi connectivity index (χ1v) is 9.47. The maximum absolute atomic E-state index is 12.8. The fourth-order valence-corrected chi connectivity index (χ4v) is 3.80. The SMILES string of the molecule is Nc1ncc(-c2ccc(C3(n4cnc(-c5cnn(C(F)F)c5)c4)CCC3)cn2)cn1. The van der Waals surface area contributed by atoms with Crippen molar-refractivity contribution in [2.75, 3.05) is 5.73 Å². The van der Waals surface area contributed by atoms with E-state index in [2.05, 4.69) is 29.6 Å². The number of nitrogen functional groups attached to an aromatic ring is 1. The molecule has 1 saturated carbocycles. The molecular formula is C20H18F2N8. The molecule has 152 valence electrons. The van der Waals surface area contributed by atoms with Crippen LogP contribution in [0.2, 0.25) is 0 Å². The third-order valence-electron chi connectivity index (χ3n) is 5.62. The van der Waals surface area contributed by atoms with E-state index in [4.69, 9.17) is 5.73 Å². The molecule has 30 heavy (non-hydrogen) atoms. The summed E-state index contributed by atoms with van der Waals surface area (Å²) in [4.78, 5) is 17.0. The summed E-state index contributed by atoms with van der Waals surface area (Å²) < 4.78 is 28.3. The first kappa shape index (κ1) is 18.3. The van der Waals surface area contributed by atoms with Crippen molar-refractivity contribution in [2.24, 2.45) is 0 Å². The van der Waals surface area contributed by atoms with Gasteiger partial charge in [-0.2, -0.15) is 13.9 Å². The molecule has 4 aromatic heterocycles. The predicted octanol–water partition coefficient (Wildman–Crippen LogP) is 3.50. The maximum atomic E-state index is 12.8. The zero-order valence-electron chi connectivity index (χ0n) is 15.9. The lowest BCUT2D eigenvalue weighted by molar-refractivity contribution is 0.0566. The number of halogens is 2. The van der Waals surface area contributed by atoms with Gasteiger partial charge in [0.05, 0.1) is 29.5 Å². The molecule has 0 aromatic carbocycles. The molecule has 0 bridgehead atoms. The molecule has 4 heterocycles. The molecular weight excluding hydrogens is 390 g/mol. The first-order valence-electron chi connectivity index (χ1n) is 9.47. The lowest BCUT2D eigenvalue weighted by atomic mass is 9.72. The molecule has 1 fully saturated rings. The molecule has 1 aliphatic carbocycles. The van der Waals surface area contributed by atoms with Crippen molar-refractivity contribution < 1.29 is 8.78 Å². The minimum absolute atomic E-state index is 0.221. The summed E-state index contributed by atoms with van der Waals surface area (Å²) in [6, 6.07) is 3.99. The molecule has 0 radical (unpaired) electrons. The minimum atomic E-state index is -2.67.